The van der Waals surface area contributed by atoms with Gasteiger partial charge in [0.25, 0.3) is 0 Å². The van der Waals surface area contributed by atoms with Gasteiger partial charge >= 0.3 is 0 Å². The average Bonchev–Trinajstić information content (AvgIpc) is 1.96. The zero-order valence-electron chi connectivity index (χ0n) is 6.21. The maximum atomic E-state index is 9.48. The first kappa shape index (κ1) is 7.98. The Balaban J connectivity index is 2.54. The summed E-state index contributed by atoms with van der Waals surface area (Å²) in [7, 11) is 0. The summed E-state index contributed by atoms with van der Waals surface area (Å²) in [6, 6.07) is 0. The van der Waals surface area contributed by atoms with E-state index in [4.69, 9.17) is 5.26 Å². The number of rotatable bonds is 1. The van der Waals surface area contributed by atoms with Gasteiger partial charge in [0.1, 0.15) is 0 Å². The Labute approximate surface area is 60.6 Å². The molecule has 0 aromatic rings. The highest BCUT2D eigenvalue weighted by molar-refractivity contribution is 4.77. The molecule has 1 rings (SSSR count). The minimum absolute atomic E-state index is 0.0475. The normalized spacial score (nSPS) is 41.7. The Bertz CT molecular complexity index is 115. The third kappa shape index (κ3) is 1.31. The summed E-state index contributed by atoms with van der Waals surface area (Å²) in [5.74, 6) is -1.22. The highest BCUT2D eigenvalue weighted by atomic mass is 17.1. The van der Waals surface area contributed by atoms with Crippen LogP contribution in [0.5, 0.6) is 0 Å². The van der Waals surface area contributed by atoms with Crippen LogP contribution < -0.4 is 0 Å². The maximum Gasteiger partial charge on any atom is 0.201 e. The van der Waals surface area contributed by atoms with Crippen LogP contribution in [0.3, 0.4) is 0 Å². The van der Waals surface area contributed by atoms with Gasteiger partial charge in [0, 0.05) is 12.3 Å². The molecule has 1 aliphatic rings. The molecule has 0 spiro atoms. The summed E-state index contributed by atoms with van der Waals surface area (Å²) in [4.78, 5) is 4.05. The molecule has 0 aromatic carbocycles. The molecule has 1 saturated carbocycles. The fraction of sp³-hybridized carbons (Fsp3) is 1.00. The lowest BCUT2D eigenvalue weighted by molar-refractivity contribution is -0.413. The zero-order chi connectivity index (χ0) is 7.61. The maximum absolute atomic E-state index is 9.48. The molecule has 60 valence electrons. The van der Waals surface area contributed by atoms with Crippen molar-refractivity contribution in [2.24, 2.45) is 5.92 Å². The summed E-state index contributed by atoms with van der Waals surface area (Å²) < 4.78 is 0. The molecule has 0 heterocycles. The monoisotopic (exact) mass is 146 g/mol. The first-order chi connectivity index (χ1) is 4.69. The van der Waals surface area contributed by atoms with E-state index in [9.17, 15) is 5.11 Å². The van der Waals surface area contributed by atoms with Crippen LogP contribution >= 0.6 is 0 Å². The van der Waals surface area contributed by atoms with Crippen LogP contribution in [0.15, 0.2) is 0 Å². The Morgan fingerprint density at radius 2 is 2.20 bits per heavy atom. The minimum atomic E-state index is -1.27. The van der Waals surface area contributed by atoms with Gasteiger partial charge in [-0.3, -0.25) is 0 Å². The topological polar surface area (TPSA) is 49.7 Å². The van der Waals surface area contributed by atoms with E-state index < -0.39 is 5.79 Å². The van der Waals surface area contributed by atoms with Gasteiger partial charge in [0.05, 0.1) is 0 Å². The van der Waals surface area contributed by atoms with Gasteiger partial charge in [-0.1, -0.05) is 13.3 Å². The van der Waals surface area contributed by atoms with Crippen molar-refractivity contribution in [2.75, 3.05) is 0 Å². The van der Waals surface area contributed by atoms with E-state index in [1.807, 2.05) is 6.92 Å². The molecule has 2 atom stereocenters. The summed E-state index contributed by atoms with van der Waals surface area (Å²) in [6.45, 7) is 1.88. The van der Waals surface area contributed by atoms with Gasteiger partial charge in [-0.2, -0.15) is 0 Å². The summed E-state index contributed by atoms with van der Waals surface area (Å²) in [6.07, 6.45) is 3.52. The fourth-order valence-electron chi connectivity index (χ4n) is 1.44. The van der Waals surface area contributed by atoms with Crippen LogP contribution in [-0.4, -0.2) is 16.2 Å². The predicted molar refractivity (Wildman–Crippen MR) is 36.3 cm³/mol. The largest absolute Gasteiger partial charge is 0.363 e. The number of hydrogen-bond acceptors (Lipinski definition) is 3. The van der Waals surface area contributed by atoms with Gasteiger partial charge in [-0.25, -0.2) is 10.1 Å². The Kier molecular flexibility index (Phi) is 2.28. The van der Waals surface area contributed by atoms with Crippen LogP contribution in [0, 0.1) is 5.92 Å². The number of hydrogen-bond donors (Lipinski definition) is 2. The molecule has 0 aliphatic heterocycles. The third-order valence-electron chi connectivity index (χ3n) is 2.35. The molecule has 0 saturated heterocycles. The molecule has 0 bridgehead atoms. The van der Waals surface area contributed by atoms with Gasteiger partial charge in [0.15, 0.2) is 0 Å². The van der Waals surface area contributed by atoms with Gasteiger partial charge < -0.3 is 5.11 Å². The molecular weight excluding hydrogens is 132 g/mol. The average molecular weight is 146 g/mol. The third-order valence-corrected chi connectivity index (χ3v) is 2.35. The van der Waals surface area contributed by atoms with E-state index >= 15 is 0 Å². The van der Waals surface area contributed by atoms with E-state index in [0.29, 0.717) is 6.42 Å². The SMILES string of the molecule is CC1CCCCC1(O)OO. The van der Waals surface area contributed by atoms with Crippen LogP contribution in [-0.2, 0) is 4.89 Å². The van der Waals surface area contributed by atoms with Crippen LogP contribution in [0.1, 0.15) is 32.6 Å². The van der Waals surface area contributed by atoms with Crippen LogP contribution in [0.4, 0.5) is 0 Å². The van der Waals surface area contributed by atoms with Crippen molar-refractivity contribution in [1.29, 1.82) is 0 Å². The van der Waals surface area contributed by atoms with E-state index in [2.05, 4.69) is 4.89 Å². The van der Waals surface area contributed by atoms with Gasteiger partial charge in [0.2, 0.25) is 5.79 Å². The molecule has 2 N–H and O–H groups in total. The highest BCUT2D eigenvalue weighted by Crippen LogP contribution is 2.33. The van der Waals surface area contributed by atoms with E-state index in [0.717, 1.165) is 19.3 Å². The second-order valence-electron chi connectivity index (χ2n) is 3.08. The second kappa shape index (κ2) is 2.86. The molecule has 2 unspecified atom stereocenters. The summed E-state index contributed by atoms with van der Waals surface area (Å²) in [5, 5.41) is 17.8. The Morgan fingerprint density at radius 3 is 2.60 bits per heavy atom. The van der Waals surface area contributed by atoms with Crippen molar-refractivity contribution in [2.45, 2.75) is 38.4 Å². The van der Waals surface area contributed by atoms with Crippen LogP contribution in [0.25, 0.3) is 0 Å². The first-order valence-electron chi connectivity index (χ1n) is 3.74. The van der Waals surface area contributed by atoms with Crippen molar-refractivity contribution in [3.63, 3.8) is 0 Å². The Morgan fingerprint density at radius 1 is 1.50 bits per heavy atom. The van der Waals surface area contributed by atoms with E-state index in [1.54, 1.807) is 0 Å². The van der Waals surface area contributed by atoms with Crippen molar-refractivity contribution < 1.29 is 15.3 Å². The Hall–Kier alpha value is -0.120. The standard InChI is InChI=1S/C7H14O3/c1-6-4-2-3-5-7(6,8)10-9/h6,8-9H,2-5H2,1H3. The molecular formula is C7H14O3. The van der Waals surface area contributed by atoms with E-state index in [-0.39, 0.29) is 5.92 Å². The van der Waals surface area contributed by atoms with Crippen LogP contribution in [0.2, 0.25) is 0 Å². The minimum Gasteiger partial charge on any atom is -0.363 e. The molecule has 3 heteroatoms. The quantitative estimate of drug-likeness (QED) is 0.334. The molecule has 10 heavy (non-hydrogen) atoms. The number of aliphatic hydroxyl groups is 1. The smallest absolute Gasteiger partial charge is 0.201 e. The lowest BCUT2D eigenvalue weighted by Gasteiger charge is -2.34. The molecule has 0 amide bonds. The van der Waals surface area contributed by atoms with Crippen molar-refractivity contribution in [3.8, 4) is 0 Å². The molecule has 0 radical (unpaired) electrons. The molecule has 1 aliphatic carbocycles. The summed E-state index contributed by atoms with van der Waals surface area (Å²) in [5.41, 5.74) is 0. The first-order valence-corrected chi connectivity index (χ1v) is 3.74. The fourth-order valence-corrected chi connectivity index (χ4v) is 1.44. The highest BCUT2D eigenvalue weighted by Gasteiger charge is 2.37. The molecule has 3 nitrogen and oxygen atoms in total. The summed E-state index contributed by atoms with van der Waals surface area (Å²) >= 11 is 0. The van der Waals surface area contributed by atoms with Crippen molar-refractivity contribution in [1.82, 2.24) is 0 Å². The second-order valence-corrected chi connectivity index (χ2v) is 3.08. The van der Waals surface area contributed by atoms with Crippen molar-refractivity contribution in [3.05, 3.63) is 0 Å². The molecule has 1 fully saturated rings. The predicted octanol–water partition coefficient (Wildman–Crippen LogP) is 1.37. The molecule has 0 aromatic heterocycles. The lowest BCUT2D eigenvalue weighted by atomic mass is 9.85. The zero-order valence-corrected chi connectivity index (χ0v) is 6.21. The lowest BCUT2D eigenvalue weighted by Crippen LogP contribution is -2.40. The van der Waals surface area contributed by atoms with Gasteiger partial charge in [-0.05, 0) is 12.8 Å². The van der Waals surface area contributed by atoms with Gasteiger partial charge in [-0.15, -0.1) is 0 Å². The van der Waals surface area contributed by atoms with E-state index in [1.165, 1.54) is 0 Å². The van der Waals surface area contributed by atoms with Crippen molar-refractivity contribution >= 4 is 0 Å².